The van der Waals surface area contributed by atoms with Gasteiger partial charge in [0.1, 0.15) is 5.82 Å². The van der Waals surface area contributed by atoms with Crippen LogP contribution in [0.5, 0.6) is 0 Å². The van der Waals surface area contributed by atoms with E-state index in [9.17, 15) is 4.39 Å². The number of halogens is 3. The summed E-state index contributed by atoms with van der Waals surface area (Å²) in [5.41, 5.74) is 2.17. The van der Waals surface area contributed by atoms with Crippen LogP contribution in [-0.2, 0) is 6.42 Å². The lowest BCUT2D eigenvalue weighted by Crippen LogP contribution is -2.23. The van der Waals surface area contributed by atoms with Crippen LogP contribution in [0.15, 0.2) is 51.4 Å². The number of rotatable bonds is 5. The first-order valence-corrected chi connectivity index (χ1v) is 8.11. The molecular weight excluding hydrogens is 385 g/mol. The SMILES string of the molecule is CCNC(Cc1cc(F)ccc1Br)c1ccc(Br)cc1. The van der Waals surface area contributed by atoms with E-state index in [0.717, 1.165) is 27.5 Å². The van der Waals surface area contributed by atoms with Gasteiger partial charge in [-0.3, -0.25) is 0 Å². The van der Waals surface area contributed by atoms with Crippen LogP contribution in [0.4, 0.5) is 4.39 Å². The first-order valence-electron chi connectivity index (χ1n) is 6.53. The van der Waals surface area contributed by atoms with Gasteiger partial charge in [0.05, 0.1) is 0 Å². The molecule has 4 heteroatoms. The lowest BCUT2D eigenvalue weighted by atomic mass is 9.99. The fourth-order valence-electron chi connectivity index (χ4n) is 2.17. The molecule has 0 bridgehead atoms. The second-order valence-corrected chi connectivity index (χ2v) is 6.37. The molecule has 0 aromatic heterocycles. The minimum absolute atomic E-state index is 0.172. The molecule has 1 nitrogen and oxygen atoms in total. The van der Waals surface area contributed by atoms with Crippen molar-refractivity contribution in [2.75, 3.05) is 6.54 Å². The Bertz CT molecular complexity index is 569. The van der Waals surface area contributed by atoms with E-state index in [1.165, 1.54) is 11.6 Å². The quantitative estimate of drug-likeness (QED) is 0.723. The Morgan fingerprint density at radius 2 is 1.80 bits per heavy atom. The van der Waals surface area contributed by atoms with Gasteiger partial charge in [-0.05, 0) is 54.4 Å². The van der Waals surface area contributed by atoms with Gasteiger partial charge in [0.15, 0.2) is 0 Å². The molecule has 0 heterocycles. The third kappa shape index (κ3) is 4.14. The van der Waals surface area contributed by atoms with Crippen LogP contribution in [0.25, 0.3) is 0 Å². The molecule has 1 unspecified atom stereocenters. The third-order valence-electron chi connectivity index (χ3n) is 3.15. The van der Waals surface area contributed by atoms with E-state index in [-0.39, 0.29) is 11.9 Å². The van der Waals surface area contributed by atoms with Crippen LogP contribution in [0.3, 0.4) is 0 Å². The molecule has 0 saturated heterocycles. The zero-order chi connectivity index (χ0) is 14.5. The van der Waals surface area contributed by atoms with Gasteiger partial charge < -0.3 is 5.32 Å². The van der Waals surface area contributed by atoms with Gasteiger partial charge in [-0.1, -0.05) is 50.9 Å². The molecule has 2 rings (SSSR count). The zero-order valence-electron chi connectivity index (χ0n) is 11.2. The summed E-state index contributed by atoms with van der Waals surface area (Å²) in [6.07, 6.45) is 0.744. The second-order valence-electron chi connectivity index (χ2n) is 4.60. The second kappa shape index (κ2) is 7.34. The first kappa shape index (κ1) is 15.7. The third-order valence-corrected chi connectivity index (χ3v) is 4.46. The number of hydrogen-bond acceptors (Lipinski definition) is 1. The molecule has 106 valence electrons. The Morgan fingerprint density at radius 3 is 2.45 bits per heavy atom. The summed E-state index contributed by atoms with van der Waals surface area (Å²) in [5.74, 6) is -0.200. The summed E-state index contributed by atoms with van der Waals surface area (Å²) in [6.45, 7) is 2.94. The smallest absolute Gasteiger partial charge is 0.123 e. The van der Waals surface area contributed by atoms with E-state index in [2.05, 4.69) is 56.2 Å². The highest BCUT2D eigenvalue weighted by Gasteiger charge is 2.13. The molecule has 2 aromatic rings. The summed E-state index contributed by atoms with van der Waals surface area (Å²) in [7, 11) is 0. The maximum absolute atomic E-state index is 13.4. The van der Waals surface area contributed by atoms with Crippen molar-refractivity contribution in [2.45, 2.75) is 19.4 Å². The van der Waals surface area contributed by atoms with Crippen molar-refractivity contribution in [3.8, 4) is 0 Å². The van der Waals surface area contributed by atoms with Crippen LogP contribution in [-0.4, -0.2) is 6.54 Å². The maximum atomic E-state index is 13.4. The number of nitrogens with one attached hydrogen (secondary N) is 1. The summed E-state index contributed by atoms with van der Waals surface area (Å²) in [5, 5.41) is 3.45. The van der Waals surface area contributed by atoms with Crippen LogP contribution >= 0.6 is 31.9 Å². The molecule has 0 spiro atoms. The highest BCUT2D eigenvalue weighted by atomic mass is 79.9. The van der Waals surface area contributed by atoms with Crippen LogP contribution in [0.1, 0.15) is 24.1 Å². The van der Waals surface area contributed by atoms with Crippen molar-refractivity contribution >= 4 is 31.9 Å². The summed E-state index contributed by atoms with van der Waals surface area (Å²) < 4.78 is 15.4. The monoisotopic (exact) mass is 399 g/mol. The van der Waals surface area contributed by atoms with Gasteiger partial charge in [0.2, 0.25) is 0 Å². The fourth-order valence-corrected chi connectivity index (χ4v) is 2.84. The van der Waals surface area contributed by atoms with E-state index < -0.39 is 0 Å². The Balaban J connectivity index is 2.25. The summed E-state index contributed by atoms with van der Waals surface area (Å²) in [6, 6.07) is 13.2. The Kier molecular flexibility index (Phi) is 5.75. The van der Waals surface area contributed by atoms with Gasteiger partial charge in [0, 0.05) is 15.0 Å². The van der Waals surface area contributed by atoms with Crippen molar-refractivity contribution < 1.29 is 4.39 Å². The molecule has 0 aliphatic rings. The van der Waals surface area contributed by atoms with Crippen molar-refractivity contribution in [3.05, 3.63) is 68.4 Å². The van der Waals surface area contributed by atoms with Crippen LogP contribution < -0.4 is 5.32 Å². The largest absolute Gasteiger partial charge is 0.310 e. The molecule has 0 radical (unpaired) electrons. The predicted molar refractivity (Wildman–Crippen MR) is 88.4 cm³/mol. The molecule has 1 N–H and O–H groups in total. The van der Waals surface area contributed by atoms with E-state index in [1.54, 1.807) is 12.1 Å². The van der Waals surface area contributed by atoms with Crippen molar-refractivity contribution in [1.82, 2.24) is 5.32 Å². The van der Waals surface area contributed by atoms with Crippen LogP contribution in [0, 0.1) is 5.82 Å². The minimum atomic E-state index is -0.200. The van der Waals surface area contributed by atoms with Crippen molar-refractivity contribution in [1.29, 1.82) is 0 Å². The van der Waals surface area contributed by atoms with Crippen molar-refractivity contribution in [2.24, 2.45) is 0 Å². The van der Waals surface area contributed by atoms with E-state index in [0.29, 0.717) is 0 Å². The molecule has 20 heavy (non-hydrogen) atoms. The van der Waals surface area contributed by atoms with E-state index >= 15 is 0 Å². The molecule has 0 aliphatic carbocycles. The van der Waals surface area contributed by atoms with Gasteiger partial charge >= 0.3 is 0 Å². The molecule has 0 saturated carbocycles. The lowest BCUT2D eigenvalue weighted by Gasteiger charge is -2.19. The predicted octanol–water partition coefficient (Wildman–Crippen LogP) is 5.24. The lowest BCUT2D eigenvalue weighted by molar-refractivity contribution is 0.545. The molecule has 2 aromatic carbocycles. The summed E-state index contributed by atoms with van der Waals surface area (Å²) >= 11 is 6.94. The molecule has 0 amide bonds. The number of likely N-dealkylation sites (N-methyl/N-ethyl adjacent to an activating group) is 1. The average Bonchev–Trinajstić information content (AvgIpc) is 2.43. The summed E-state index contributed by atoms with van der Waals surface area (Å²) in [4.78, 5) is 0. The minimum Gasteiger partial charge on any atom is -0.310 e. The van der Waals surface area contributed by atoms with E-state index in [4.69, 9.17) is 0 Å². The van der Waals surface area contributed by atoms with Crippen LogP contribution in [0.2, 0.25) is 0 Å². The van der Waals surface area contributed by atoms with Crippen molar-refractivity contribution in [3.63, 3.8) is 0 Å². The molecular formula is C16H16Br2FN. The Labute approximate surface area is 135 Å². The van der Waals surface area contributed by atoms with Gasteiger partial charge in [-0.25, -0.2) is 4.39 Å². The number of hydrogen-bond donors (Lipinski definition) is 1. The van der Waals surface area contributed by atoms with Gasteiger partial charge in [-0.2, -0.15) is 0 Å². The highest BCUT2D eigenvalue weighted by Crippen LogP contribution is 2.25. The topological polar surface area (TPSA) is 12.0 Å². The molecule has 0 aliphatic heterocycles. The Hall–Kier alpha value is -0.710. The fraction of sp³-hybridized carbons (Fsp3) is 0.250. The standard InChI is InChI=1S/C16H16Br2FN/c1-2-20-16(11-3-5-13(17)6-4-11)10-12-9-14(19)7-8-15(12)18/h3-9,16,20H,2,10H2,1H3. The van der Waals surface area contributed by atoms with Gasteiger partial charge in [0.25, 0.3) is 0 Å². The van der Waals surface area contributed by atoms with E-state index in [1.807, 2.05) is 12.1 Å². The zero-order valence-corrected chi connectivity index (χ0v) is 14.3. The maximum Gasteiger partial charge on any atom is 0.123 e. The molecule has 1 atom stereocenters. The normalized spacial score (nSPS) is 12.4. The average molecular weight is 401 g/mol. The van der Waals surface area contributed by atoms with Gasteiger partial charge in [-0.15, -0.1) is 0 Å². The number of benzene rings is 2. The highest BCUT2D eigenvalue weighted by molar-refractivity contribution is 9.10. The first-order chi connectivity index (χ1) is 9.60. The Morgan fingerprint density at radius 1 is 1.10 bits per heavy atom. The molecule has 0 fully saturated rings.